The van der Waals surface area contributed by atoms with Gasteiger partial charge in [-0.2, -0.15) is 0 Å². The fraction of sp³-hybridized carbons (Fsp3) is 0.500. The van der Waals surface area contributed by atoms with Crippen molar-refractivity contribution in [2.24, 2.45) is 0 Å². The third-order valence-corrected chi connectivity index (χ3v) is 4.05. The van der Waals surface area contributed by atoms with Crippen LogP contribution in [-0.4, -0.2) is 28.7 Å². The molecule has 6 heteroatoms. The molecule has 22 heavy (non-hydrogen) atoms. The summed E-state index contributed by atoms with van der Waals surface area (Å²) in [7, 11) is 1.37. The molecular formula is C16H21N3O3. The average molecular weight is 303 g/mol. The molecule has 2 aromatic rings. The predicted octanol–water partition coefficient (Wildman–Crippen LogP) is 1.98. The largest absolute Gasteiger partial charge is 0.465 e. The smallest absolute Gasteiger partial charge is 0.341 e. The molecule has 1 N–H and O–H groups in total. The van der Waals surface area contributed by atoms with Crippen LogP contribution in [0.2, 0.25) is 0 Å². The number of rotatable bonds is 4. The van der Waals surface area contributed by atoms with E-state index in [9.17, 15) is 4.79 Å². The Bertz CT molecular complexity index is 687. The molecule has 0 unspecified atom stereocenters. The molecule has 1 aliphatic heterocycles. The Morgan fingerprint density at radius 2 is 2.36 bits per heavy atom. The maximum absolute atomic E-state index is 11.6. The van der Waals surface area contributed by atoms with Crippen molar-refractivity contribution in [1.82, 2.24) is 14.9 Å². The van der Waals surface area contributed by atoms with E-state index in [0.717, 1.165) is 36.7 Å². The van der Waals surface area contributed by atoms with Crippen molar-refractivity contribution in [2.75, 3.05) is 7.11 Å². The molecule has 0 spiro atoms. The van der Waals surface area contributed by atoms with Crippen LogP contribution in [0.4, 0.5) is 0 Å². The van der Waals surface area contributed by atoms with E-state index in [1.165, 1.54) is 7.11 Å². The van der Waals surface area contributed by atoms with Crippen molar-refractivity contribution in [3.8, 4) is 0 Å². The maximum Gasteiger partial charge on any atom is 0.341 e. The van der Waals surface area contributed by atoms with E-state index in [2.05, 4.69) is 21.1 Å². The quantitative estimate of drug-likeness (QED) is 0.875. The number of nitrogens with zero attached hydrogens (tertiary/aromatic N) is 2. The Balaban J connectivity index is 1.61. The van der Waals surface area contributed by atoms with Gasteiger partial charge in [0.25, 0.3) is 0 Å². The van der Waals surface area contributed by atoms with Crippen LogP contribution in [0.25, 0.3) is 0 Å². The summed E-state index contributed by atoms with van der Waals surface area (Å²) < 4.78 is 12.6. The number of imidazole rings is 1. The van der Waals surface area contributed by atoms with Gasteiger partial charge in [0.2, 0.25) is 0 Å². The fourth-order valence-corrected chi connectivity index (χ4v) is 2.94. The molecular weight excluding hydrogens is 282 g/mol. The lowest BCUT2D eigenvalue weighted by Gasteiger charge is -2.24. The van der Waals surface area contributed by atoms with Gasteiger partial charge in [0.1, 0.15) is 22.9 Å². The minimum atomic E-state index is -0.358. The molecule has 3 heterocycles. The lowest BCUT2D eigenvalue weighted by molar-refractivity contribution is 0.0599. The molecule has 0 aromatic carbocycles. The third kappa shape index (κ3) is 2.92. The summed E-state index contributed by atoms with van der Waals surface area (Å²) in [5.74, 6) is 2.16. The molecule has 6 nitrogen and oxygen atoms in total. The van der Waals surface area contributed by atoms with E-state index in [1.807, 2.05) is 6.92 Å². The van der Waals surface area contributed by atoms with E-state index in [4.69, 9.17) is 9.15 Å². The SMILES string of the molecule is COC(=O)c1cc(CN[C@@H]2CCc3nc(C)cn3C2)oc1C. The van der Waals surface area contributed by atoms with Gasteiger partial charge < -0.3 is 19.0 Å². The molecule has 118 valence electrons. The second-order valence-electron chi connectivity index (χ2n) is 5.74. The first-order chi connectivity index (χ1) is 10.6. The fourth-order valence-electron chi connectivity index (χ4n) is 2.94. The highest BCUT2D eigenvalue weighted by Gasteiger charge is 2.20. The van der Waals surface area contributed by atoms with Crippen LogP contribution in [0.15, 0.2) is 16.7 Å². The summed E-state index contributed by atoms with van der Waals surface area (Å²) in [6, 6.07) is 2.14. The highest BCUT2D eigenvalue weighted by Crippen LogP contribution is 2.18. The Labute approximate surface area is 129 Å². The summed E-state index contributed by atoms with van der Waals surface area (Å²) >= 11 is 0. The predicted molar refractivity (Wildman–Crippen MR) is 80.7 cm³/mol. The zero-order chi connectivity index (χ0) is 15.7. The molecule has 0 bridgehead atoms. The summed E-state index contributed by atoms with van der Waals surface area (Å²) in [5, 5.41) is 3.49. The van der Waals surface area contributed by atoms with Gasteiger partial charge in [0.15, 0.2) is 0 Å². The van der Waals surface area contributed by atoms with Gasteiger partial charge in [-0.1, -0.05) is 0 Å². The van der Waals surface area contributed by atoms with Gasteiger partial charge >= 0.3 is 5.97 Å². The van der Waals surface area contributed by atoms with Gasteiger partial charge in [0, 0.05) is 25.2 Å². The Hall–Kier alpha value is -2.08. The minimum Gasteiger partial charge on any atom is -0.465 e. The van der Waals surface area contributed by atoms with Crippen molar-refractivity contribution in [1.29, 1.82) is 0 Å². The number of ether oxygens (including phenoxy) is 1. The molecule has 0 amide bonds. The molecule has 0 aliphatic carbocycles. The normalized spacial score (nSPS) is 17.3. The highest BCUT2D eigenvalue weighted by atomic mass is 16.5. The van der Waals surface area contributed by atoms with E-state index in [0.29, 0.717) is 23.9 Å². The van der Waals surface area contributed by atoms with Gasteiger partial charge in [-0.25, -0.2) is 9.78 Å². The number of esters is 1. The van der Waals surface area contributed by atoms with Gasteiger partial charge in [-0.05, 0) is 26.3 Å². The van der Waals surface area contributed by atoms with Crippen LogP contribution in [-0.2, 0) is 24.2 Å². The van der Waals surface area contributed by atoms with Gasteiger partial charge in [0.05, 0.1) is 19.3 Å². The second kappa shape index (κ2) is 5.96. The maximum atomic E-state index is 11.6. The number of carbonyl (C=O) groups excluding carboxylic acids is 1. The lowest BCUT2D eigenvalue weighted by atomic mass is 10.1. The average Bonchev–Trinajstić information content (AvgIpc) is 3.05. The van der Waals surface area contributed by atoms with Gasteiger partial charge in [-0.3, -0.25) is 0 Å². The van der Waals surface area contributed by atoms with Crippen LogP contribution in [0.3, 0.4) is 0 Å². The molecule has 2 aromatic heterocycles. The summed E-state index contributed by atoms with van der Waals surface area (Å²) in [4.78, 5) is 16.1. The standard InChI is InChI=1S/C16H21N3O3/c1-10-8-19-9-12(4-5-15(19)18-10)17-7-13-6-14(11(2)22-13)16(20)21-3/h6,8,12,17H,4-5,7,9H2,1-3H3/t12-/m1/s1. The van der Waals surface area contributed by atoms with Crippen LogP contribution in [0.5, 0.6) is 0 Å². The minimum absolute atomic E-state index is 0.358. The van der Waals surface area contributed by atoms with Crippen molar-refractivity contribution >= 4 is 5.97 Å². The van der Waals surface area contributed by atoms with E-state index < -0.39 is 0 Å². The zero-order valence-electron chi connectivity index (χ0n) is 13.2. The third-order valence-electron chi connectivity index (χ3n) is 4.05. The van der Waals surface area contributed by atoms with Crippen molar-refractivity contribution < 1.29 is 13.9 Å². The van der Waals surface area contributed by atoms with E-state index >= 15 is 0 Å². The van der Waals surface area contributed by atoms with Crippen LogP contribution >= 0.6 is 0 Å². The number of fused-ring (bicyclic) bond motifs is 1. The summed E-state index contributed by atoms with van der Waals surface area (Å²) in [5.41, 5.74) is 1.57. The number of carbonyl (C=O) groups is 1. The topological polar surface area (TPSA) is 69.3 Å². The Kier molecular flexibility index (Phi) is 4.02. The molecule has 1 aliphatic rings. The molecule has 3 rings (SSSR count). The molecule has 0 saturated heterocycles. The number of furan rings is 1. The van der Waals surface area contributed by atoms with Crippen LogP contribution in [0, 0.1) is 13.8 Å². The molecule has 0 saturated carbocycles. The van der Waals surface area contributed by atoms with E-state index in [1.54, 1.807) is 13.0 Å². The summed E-state index contributed by atoms with van der Waals surface area (Å²) in [6.45, 7) is 5.32. The Morgan fingerprint density at radius 1 is 1.55 bits per heavy atom. The van der Waals surface area contributed by atoms with Crippen LogP contribution in [0.1, 0.15) is 39.8 Å². The number of aromatic nitrogens is 2. The summed E-state index contributed by atoms with van der Waals surface area (Å²) in [6.07, 6.45) is 4.13. The number of nitrogens with one attached hydrogen (secondary N) is 1. The first-order valence-electron chi connectivity index (χ1n) is 7.50. The van der Waals surface area contributed by atoms with Crippen molar-refractivity contribution in [3.63, 3.8) is 0 Å². The molecule has 0 radical (unpaired) electrons. The second-order valence-corrected chi connectivity index (χ2v) is 5.74. The number of hydrogen-bond acceptors (Lipinski definition) is 5. The van der Waals surface area contributed by atoms with E-state index in [-0.39, 0.29) is 5.97 Å². The zero-order valence-corrected chi connectivity index (χ0v) is 13.2. The monoisotopic (exact) mass is 303 g/mol. The van der Waals surface area contributed by atoms with Crippen LogP contribution < -0.4 is 5.32 Å². The first-order valence-corrected chi connectivity index (χ1v) is 7.50. The number of aryl methyl sites for hydroxylation is 3. The molecule has 1 atom stereocenters. The number of methoxy groups -OCH3 is 1. The highest BCUT2D eigenvalue weighted by molar-refractivity contribution is 5.90. The Morgan fingerprint density at radius 3 is 3.14 bits per heavy atom. The lowest BCUT2D eigenvalue weighted by Crippen LogP contribution is -2.36. The first kappa shape index (κ1) is 14.8. The van der Waals surface area contributed by atoms with Gasteiger partial charge in [-0.15, -0.1) is 0 Å². The van der Waals surface area contributed by atoms with Crippen molar-refractivity contribution in [3.05, 3.63) is 40.9 Å². The van der Waals surface area contributed by atoms with Crippen molar-refractivity contribution in [2.45, 2.75) is 45.8 Å². The number of hydrogen-bond donors (Lipinski definition) is 1. The molecule has 0 fully saturated rings.